The molecule has 92 valence electrons. The fourth-order valence-electron chi connectivity index (χ4n) is 1.60. The number of nitrogens with one attached hydrogen (secondary N) is 1. The molecule has 0 spiro atoms. The number of hydrogen-bond donors (Lipinski definition) is 2. The number of hydrogen-bond acceptors (Lipinski definition) is 2. The van der Waals surface area contributed by atoms with Crippen molar-refractivity contribution in [2.45, 2.75) is 12.8 Å². The van der Waals surface area contributed by atoms with Gasteiger partial charge in [-0.1, -0.05) is 0 Å². The van der Waals surface area contributed by atoms with Crippen LogP contribution in [0.4, 0.5) is 4.39 Å². The molecule has 1 aliphatic rings. The van der Waals surface area contributed by atoms with Crippen molar-refractivity contribution in [2.75, 3.05) is 13.2 Å². The van der Waals surface area contributed by atoms with Gasteiger partial charge in [-0.2, -0.15) is 0 Å². The number of carbonyl (C=O) groups excluding carboxylic acids is 1. The third-order valence-corrected chi connectivity index (χ3v) is 3.75. The van der Waals surface area contributed by atoms with Crippen LogP contribution in [0.15, 0.2) is 22.7 Å². The molecule has 0 aliphatic heterocycles. The van der Waals surface area contributed by atoms with Gasteiger partial charge in [-0.15, -0.1) is 0 Å². The van der Waals surface area contributed by atoms with E-state index in [1.165, 1.54) is 18.2 Å². The molecule has 5 heteroatoms. The van der Waals surface area contributed by atoms with Gasteiger partial charge in [0.2, 0.25) is 0 Å². The number of amides is 1. The van der Waals surface area contributed by atoms with Crippen LogP contribution in [0.25, 0.3) is 0 Å². The fraction of sp³-hybridized carbons (Fsp3) is 0.417. The predicted molar refractivity (Wildman–Crippen MR) is 65.2 cm³/mol. The summed E-state index contributed by atoms with van der Waals surface area (Å²) in [7, 11) is 0. The molecule has 1 amide bonds. The van der Waals surface area contributed by atoms with Crippen molar-refractivity contribution in [3.63, 3.8) is 0 Å². The average molecular weight is 302 g/mol. The quantitative estimate of drug-likeness (QED) is 0.895. The van der Waals surface area contributed by atoms with Gasteiger partial charge >= 0.3 is 0 Å². The highest BCUT2D eigenvalue weighted by Gasteiger charge is 2.42. The normalized spacial score (nSPS) is 16.6. The first-order valence-electron chi connectivity index (χ1n) is 5.40. The molecule has 0 unspecified atom stereocenters. The van der Waals surface area contributed by atoms with Crippen LogP contribution >= 0.6 is 15.9 Å². The Morgan fingerprint density at radius 3 is 2.76 bits per heavy atom. The molecule has 2 rings (SSSR count). The van der Waals surface area contributed by atoms with Crippen LogP contribution < -0.4 is 5.32 Å². The van der Waals surface area contributed by atoms with Crippen molar-refractivity contribution in [3.8, 4) is 0 Å². The second-order valence-electron chi connectivity index (χ2n) is 4.46. The predicted octanol–water partition coefficient (Wildman–Crippen LogP) is 2.09. The Morgan fingerprint density at radius 1 is 1.53 bits per heavy atom. The van der Waals surface area contributed by atoms with E-state index in [4.69, 9.17) is 5.11 Å². The second kappa shape index (κ2) is 4.74. The molecule has 0 saturated heterocycles. The molecule has 1 aromatic rings. The lowest BCUT2D eigenvalue weighted by atomic mass is 10.1. The molecule has 1 aromatic carbocycles. The van der Waals surface area contributed by atoms with E-state index < -0.39 is 0 Å². The summed E-state index contributed by atoms with van der Waals surface area (Å²) in [5.41, 5.74) is 0.280. The summed E-state index contributed by atoms with van der Waals surface area (Å²) in [5, 5.41) is 11.9. The summed E-state index contributed by atoms with van der Waals surface area (Å²) in [6.45, 7) is 0.560. The van der Waals surface area contributed by atoms with Crippen molar-refractivity contribution in [1.82, 2.24) is 5.32 Å². The van der Waals surface area contributed by atoms with Crippen LogP contribution in [0.2, 0.25) is 0 Å². The maximum Gasteiger partial charge on any atom is 0.252 e. The number of carbonyl (C=O) groups is 1. The minimum Gasteiger partial charge on any atom is -0.396 e. The highest BCUT2D eigenvalue weighted by Crippen LogP contribution is 2.44. The maximum atomic E-state index is 12.9. The van der Waals surface area contributed by atoms with Crippen molar-refractivity contribution < 1.29 is 14.3 Å². The van der Waals surface area contributed by atoms with E-state index in [1.54, 1.807) is 0 Å². The topological polar surface area (TPSA) is 49.3 Å². The molecule has 0 radical (unpaired) electrons. The van der Waals surface area contributed by atoms with Crippen molar-refractivity contribution in [1.29, 1.82) is 0 Å². The standard InChI is InChI=1S/C12H13BrFNO2/c13-10-5-8(14)1-2-9(10)11(17)15-6-12(7-16)3-4-12/h1-2,5,16H,3-4,6-7H2,(H,15,17). The summed E-state index contributed by atoms with van der Waals surface area (Å²) >= 11 is 3.15. The van der Waals surface area contributed by atoms with E-state index in [0.29, 0.717) is 16.6 Å². The zero-order chi connectivity index (χ0) is 12.5. The number of aliphatic hydroxyl groups is 1. The lowest BCUT2D eigenvalue weighted by Gasteiger charge is -2.13. The number of benzene rings is 1. The average Bonchev–Trinajstić information content (AvgIpc) is 3.07. The maximum absolute atomic E-state index is 12.9. The third kappa shape index (κ3) is 2.84. The summed E-state index contributed by atoms with van der Waals surface area (Å²) in [6, 6.07) is 3.94. The Hall–Kier alpha value is -0.940. The molecule has 17 heavy (non-hydrogen) atoms. The van der Waals surface area contributed by atoms with Crippen LogP contribution in [0.1, 0.15) is 23.2 Å². The van der Waals surface area contributed by atoms with Crippen molar-refractivity contribution in [2.24, 2.45) is 5.41 Å². The van der Waals surface area contributed by atoms with Gasteiger partial charge in [-0.3, -0.25) is 4.79 Å². The SMILES string of the molecule is O=C(NCC1(CO)CC1)c1ccc(F)cc1Br. The molecule has 1 saturated carbocycles. The molecular weight excluding hydrogens is 289 g/mol. The minimum atomic E-state index is -0.387. The van der Waals surface area contributed by atoms with E-state index >= 15 is 0 Å². The van der Waals surface area contributed by atoms with E-state index in [-0.39, 0.29) is 23.7 Å². The molecule has 2 N–H and O–H groups in total. The van der Waals surface area contributed by atoms with Crippen LogP contribution in [-0.4, -0.2) is 24.2 Å². The van der Waals surface area contributed by atoms with Gasteiger partial charge in [0.05, 0.1) is 12.2 Å². The minimum absolute atomic E-state index is 0.0951. The lowest BCUT2D eigenvalue weighted by Crippen LogP contribution is -2.32. The van der Waals surface area contributed by atoms with Gasteiger partial charge in [0, 0.05) is 16.4 Å². The highest BCUT2D eigenvalue weighted by molar-refractivity contribution is 9.10. The Kier molecular flexibility index (Phi) is 3.49. The molecule has 0 aromatic heterocycles. The van der Waals surface area contributed by atoms with E-state index in [9.17, 15) is 9.18 Å². The second-order valence-corrected chi connectivity index (χ2v) is 5.32. The lowest BCUT2D eigenvalue weighted by molar-refractivity contribution is 0.0934. The summed E-state index contributed by atoms with van der Waals surface area (Å²) < 4.78 is 13.3. The molecule has 3 nitrogen and oxygen atoms in total. The van der Waals surface area contributed by atoms with Gasteiger partial charge in [-0.25, -0.2) is 4.39 Å². The number of aliphatic hydroxyl groups excluding tert-OH is 1. The Balaban J connectivity index is 2.00. The highest BCUT2D eigenvalue weighted by atomic mass is 79.9. The summed E-state index contributed by atoms with van der Waals surface area (Å²) in [5.74, 6) is -0.640. The monoisotopic (exact) mass is 301 g/mol. The first kappa shape index (κ1) is 12.5. The van der Waals surface area contributed by atoms with Gasteiger partial charge in [0.25, 0.3) is 5.91 Å². The van der Waals surface area contributed by atoms with Gasteiger partial charge in [0.15, 0.2) is 0 Å². The fourth-order valence-corrected chi connectivity index (χ4v) is 2.14. The Morgan fingerprint density at radius 2 is 2.24 bits per heavy atom. The van der Waals surface area contributed by atoms with E-state index in [1.807, 2.05) is 0 Å². The van der Waals surface area contributed by atoms with Gasteiger partial charge in [-0.05, 0) is 47.0 Å². The number of halogens is 2. The van der Waals surface area contributed by atoms with Crippen LogP contribution in [0.3, 0.4) is 0 Å². The van der Waals surface area contributed by atoms with Crippen LogP contribution in [0.5, 0.6) is 0 Å². The molecule has 1 fully saturated rings. The van der Waals surface area contributed by atoms with Crippen LogP contribution in [0, 0.1) is 11.2 Å². The molecular formula is C12H13BrFNO2. The molecule has 0 bridgehead atoms. The molecule has 0 heterocycles. The summed E-state index contributed by atoms with van der Waals surface area (Å²) in [6.07, 6.45) is 1.88. The third-order valence-electron chi connectivity index (χ3n) is 3.09. The van der Waals surface area contributed by atoms with Crippen LogP contribution in [-0.2, 0) is 0 Å². The Bertz CT molecular complexity index is 446. The van der Waals surface area contributed by atoms with Crippen molar-refractivity contribution in [3.05, 3.63) is 34.1 Å². The smallest absolute Gasteiger partial charge is 0.252 e. The zero-order valence-electron chi connectivity index (χ0n) is 9.17. The molecule has 0 atom stereocenters. The largest absolute Gasteiger partial charge is 0.396 e. The van der Waals surface area contributed by atoms with Gasteiger partial charge in [0.1, 0.15) is 5.82 Å². The Labute approximate surface area is 107 Å². The summed E-state index contributed by atoms with van der Waals surface area (Å²) in [4.78, 5) is 11.8. The van der Waals surface area contributed by atoms with Crippen molar-refractivity contribution >= 4 is 21.8 Å². The van der Waals surface area contributed by atoms with Gasteiger partial charge < -0.3 is 10.4 Å². The zero-order valence-corrected chi connectivity index (χ0v) is 10.8. The van der Waals surface area contributed by atoms with E-state index in [0.717, 1.165) is 12.8 Å². The van der Waals surface area contributed by atoms with E-state index in [2.05, 4.69) is 21.2 Å². The molecule has 1 aliphatic carbocycles. The first-order valence-corrected chi connectivity index (χ1v) is 6.20. The number of rotatable bonds is 4. The first-order chi connectivity index (χ1) is 8.06.